The molecule has 0 atom stereocenters. The van der Waals surface area contributed by atoms with E-state index in [0.29, 0.717) is 6.54 Å². The highest BCUT2D eigenvalue weighted by Crippen LogP contribution is 2.22. The summed E-state index contributed by atoms with van der Waals surface area (Å²) in [6.07, 6.45) is 1.66. The highest BCUT2D eigenvalue weighted by atomic mass is 16.6. The van der Waals surface area contributed by atoms with E-state index in [1.165, 1.54) is 0 Å². The van der Waals surface area contributed by atoms with Crippen LogP contribution in [0.5, 0.6) is 0 Å². The van der Waals surface area contributed by atoms with Gasteiger partial charge in [-0.15, -0.1) is 0 Å². The van der Waals surface area contributed by atoms with Crippen LogP contribution in [0.3, 0.4) is 0 Å². The second kappa shape index (κ2) is 7.30. The van der Waals surface area contributed by atoms with E-state index in [1.807, 2.05) is 33.8 Å². The Morgan fingerprint density at radius 3 is 2.46 bits per heavy atom. The first-order valence-electron chi connectivity index (χ1n) is 8.43. The molecule has 1 fully saturated rings. The number of carbonyl (C=O) groups excluding carboxylic acids is 1. The Morgan fingerprint density at radius 1 is 1.29 bits per heavy atom. The van der Waals surface area contributed by atoms with Crippen molar-refractivity contribution in [2.24, 2.45) is 5.92 Å². The Labute approximate surface area is 143 Å². The van der Waals surface area contributed by atoms with Crippen LogP contribution in [-0.4, -0.2) is 34.4 Å². The minimum Gasteiger partial charge on any atom is -0.351 e. The Morgan fingerprint density at radius 2 is 1.92 bits per heavy atom. The monoisotopic (exact) mass is 333 g/mol. The average Bonchev–Trinajstić information content (AvgIpc) is 2.45. The van der Waals surface area contributed by atoms with E-state index in [9.17, 15) is 14.9 Å². The maximum Gasteiger partial charge on any atom is 0.270 e. The largest absolute Gasteiger partial charge is 0.351 e. The summed E-state index contributed by atoms with van der Waals surface area (Å²) in [7, 11) is 0. The smallest absolute Gasteiger partial charge is 0.270 e. The van der Waals surface area contributed by atoms with Crippen LogP contribution in [-0.2, 0) is 11.3 Å². The molecule has 0 bridgehead atoms. The van der Waals surface area contributed by atoms with Gasteiger partial charge in [0.2, 0.25) is 5.91 Å². The maximum atomic E-state index is 12.2. The lowest BCUT2D eigenvalue weighted by Crippen LogP contribution is -2.46. The molecule has 0 aromatic heterocycles. The number of hydrogen-bond acceptors (Lipinski definition) is 4. The van der Waals surface area contributed by atoms with E-state index < -0.39 is 0 Å². The molecule has 0 radical (unpaired) electrons. The Hall–Kier alpha value is -1.95. The summed E-state index contributed by atoms with van der Waals surface area (Å²) in [5.74, 6) is 0.195. The van der Waals surface area contributed by atoms with Crippen LogP contribution in [0.4, 0.5) is 5.69 Å². The fourth-order valence-corrected chi connectivity index (χ4v) is 3.12. The molecular weight excluding hydrogens is 306 g/mol. The average molecular weight is 333 g/mol. The summed E-state index contributed by atoms with van der Waals surface area (Å²) in [4.78, 5) is 25.1. The molecule has 2 rings (SSSR count). The number of likely N-dealkylation sites (tertiary alicyclic amines) is 1. The van der Waals surface area contributed by atoms with Crippen molar-refractivity contribution >= 4 is 11.6 Å². The summed E-state index contributed by atoms with van der Waals surface area (Å²) >= 11 is 0. The molecule has 1 aromatic carbocycles. The number of nitrogens with zero attached hydrogens (tertiary/aromatic N) is 2. The minimum absolute atomic E-state index is 0.0623. The van der Waals surface area contributed by atoms with Crippen molar-refractivity contribution in [3.63, 3.8) is 0 Å². The molecular formula is C18H27N3O3. The molecule has 132 valence electrons. The number of carbonyl (C=O) groups is 1. The normalized spacial score (nSPS) is 16.8. The number of piperidine rings is 1. The van der Waals surface area contributed by atoms with Gasteiger partial charge in [-0.1, -0.05) is 6.07 Å². The number of hydrogen-bond donors (Lipinski definition) is 1. The van der Waals surface area contributed by atoms with Gasteiger partial charge in [0.15, 0.2) is 0 Å². The second-order valence-corrected chi connectivity index (χ2v) is 7.72. The third-order valence-corrected chi connectivity index (χ3v) is 4.20. The van der Waals surface area contributed by atoms with Gasteiger partial charge in [-0.05, 0) is 64.8 Å². The fraction of sp³-hybridized carbons (Fsp3) is 0.611. The number of non-ortho nitro benzene ring substituents is 1. The third-order valence-electron chi connectivity index (χ3n) is 4.20. The molecule has 0 unspecified atom stereocenters. The van der Waals surface area contributed by atoms with E-state index in [0.717, 1.165) is 37.1 Å². The van der Waals surface area contributed by atoms with Gasteiger partial charge >= 0.3 is 0 Å². The summed E-state index contributed by atoms with van der Waals surface area (Å²) in [5, 5.41) is 14.0. The zero-order valence-corrected chi connectivity index (χ0v) is 15.0. The topological polar surface area (TPSA) is 75.5 Å². The highest BCUT2D eigenvalue weighted by molar-refractivity contribution is 5.79. The SMILES string of the molecule is Cc1cc(CN2CCC(C(=O)NC(C)(C)C)CC2)cc([N+](=O)[O-])c1. The van der Waals surface area contributed by atoms with Gasteiger partial charge in [-0.2, -0.15) is 0 Å². The molecule has 0 aliphatic carbocycles. The summed E-state index contributed by atoms with van der Waals surface area (Å²) in [6, 6.07) is 5.23. The fourth-order valence-electron chi connectivity index (χ4n) is 3.12. The Balaban J connectivity index is 1.92. The quantitative estimate of drug-likeness (QED) is 0.679. The van der Waals surface area contributed by atoms with Crippen molar-refractivity contribution in [3.05, 3.63) is 39.4 Å². The van der Waals surface area contributed by atoms with E-state index in [1.54, 1.807) is 12.1 Å². The van der Waals surface area contributed by atoms with Crippen LogP contribution in [0, 0.1) is 23.0 Å². The van der Waals surface area contributed by atoms with Crippen molar-refractivity contribution in [3.8, 4) is 0 Å². The second-order valence-electron chi connectivity index (χ2n) is 7.72. The lowest BCUT2D eigenvalue weighted by Gasteiger charge is -2.33. The van der Waals surface area contributed by atoms with Crippen molar-refractivity contribution < 1.29 is 9.72 Å². The first-order chi connectivity index (χ1) is 11.1. The number of rotatable bonds is 4. The van der Waals surface area contributed by atoms with Crippen molar-refractivity contribution in [2.45, 2.75) is 52.6 Å². The molecule has 0 saturated carbocycles. The molecule has 1 aliphatic rings. The van der Waals surface area contributed by atoms with E-state index in [4.69, 9.17) is 0 Å². The lowest BCUT2D eigenvalue weighted by atomic mass is 9.94. The molecule has 6 nitrogen and oxygen atoms in total. The van der Waals surface area contributed by atoms with Crippen LogP contribution in [0.15, 0.2) is 18.2 Å². The summed E-state index contributed by atoms with van der Waals surface area (Å²) in [5.41, 5.74) is 1.80. The lowest BCUT2D eigenvalue weighted by molar-refractivity contribution is -0.385. The molecule has 0 spiro atoms. The van der Waals surface area contributed by atoms with E-state index in [2.05, 4.69) is 10.2 Å². The zero-order valence-electron chi connectivity index (χ0n) is 15.0. The molecule has 1 heterocycles. The molecule has 1 aliphatic heterocycles. The van der Waals surface area contributed by atoms with Crippen LogP contribution in [0.1, 0.15) is 44.7 Å². The summed E-state index contributed by atoms with van der Waals surface area (Å²) in [6.45, 7) is 10.2. The molecule has 1 saturated heterocycles. The van der Waals surface area contributed by atoms with Gasteiger partial charge in [-0.25, -0.2) is 0 Å². The van der Waals surface area contributed by atoms with Gasteiger partial charge in [-0.3, -0.25) is 19.8 Å². The van der Waals surface area contributed by atoms with Gasteiger partial charge in [0.1, 0.15) is 0 Å². The van der Waals surface area contributed by atoms with E-state index >= 15 is 0 Å². The molecule has 24 heavy (non-hydrogen) atoms. The zero-order chi connectivity index (χ0) is 17.9. The van der Waals surface area contributed by atoms with Gasteiger partial charge < -0.3 is 5.32 Å². The molecule has 1 amide bonds. The molecule has 1 aromatic rings. The van der Waals surface area contributed by atoms with E-state index in [-0.39, 0.29) is 28.0 Å². The van der Waals surface area contributed by atoms with Crippen molar-refractivity contribution in [2.75, 3.05) is 13.1 Å². The standard InChI is InChI=1S/C18H27N3O3/c1-13-9-14(11-16(10-13)21(23)24)12-20-7-5-15(6-8-20)17(22)19-18(2,3)4/h9-11,15H,5-8,12H2,1-4H3,(H,19,22). The number of nitro benzene ring substituents is 1. The van der Waals surface area contributed by atoms with Gasteiger partial charge in [0.25, 0.3) is 5.69 Å². The first kappa shape index (κ1) is 18.4. The van der Waals surface area contributed by atoms with Crippen LogP contribution in [0.25, 0.3) is 0 Å². The number of nitrogens with one attached hydrogen (secondary N) is 1. The predicted octanol–water partition coefficient (Wildman–Crippen LogP) is 3.03. The predicted molar refractivity (Wildman–Crippen MR) is 93.7 cm³/mol. The van der Waals surface area contributed by atoms with Crippen molar-refractivity contribution in [1.82, 2.24) is 10.2 Å². The summed E-state index contributed by atoms with van der Waals surface area (Å²) < 4.78 is 0. The number of aryl methyl sites for hydroxylation is 1. The third kappa shape index (κ3) is 5.30. The maximum absolute atomic E-state index is 12.2. The van der Waals surface area contributed by atoms with Crippen LogP contribution < -0.4 is 5.32 Å². The van der Waals surface area contributed by atoms with Gasteiger partial charge in [0.05, 0.1) is 4.92 Å². The number of nitro groups is 1. The molecule has 6 heteroatoms. The van der Waals surface area contributed by atoms with Crippen molar-refractivity contribution in [1.29, 1.82) is 0 Å². The Kier molecular flexibility index (Phi) is 5.59. The minimum atomic E-state index is -0.348. The number of amides is 1. The van der Waals surface area contributed by atoms with Crippen LogP contribution in [0.2, 0.25) is 0 Å². The highest BCUT2D eigenvalue weighted by Gasteiger charge is 2.27. The first-order valence-corrected chi connectivity index (χ1v) is 8.43. The Bertz CT molecular complexity index is 614. The van der Waals surface area contributed by atoms with Crippen LogP contribution >= 0.6 is 0 Å². The number of benzene rings is 1. The van der Waals surface area contributed by atoms with Gasteiger partial charge in [0, 0.05) is 30.1 Å². The molecule has 1 N–H and O–H groups in total.